The van der Waals surface area contributed by atoms with E-state index < -0.39 is 0 Å². The van der Waals surface area contributed by atoms with Gasteiger partial charge >= 0.3 is 0 Å². The predicted molar refractivity (Wildman–Crippen MR) is 230 cm³/mol. The molecule has 2 atom stereocenters. The van der Waals surface area contributed by atoms with E-state index in [-0.39, 0.29) is 18.1 Å². The van der Waals surface area contributed by atoms with Gasteiger partial charge in [0.15, 0.2) is 11.5 Å². The number of rotatable bonds is 18. The third-order valence-electron chi connectivity index (χ3n) is 9.77. The van der Waals surface area contributed by atoms with Crippen LogP contribution in [0.5, 0.6) is 40.2 Å². The largest absolute Gasteiger partial charge is 0.496 e. The van der Waals surface area contributed by atoms with Crippen molar-refractivity contribution in [3.05, 3.63) is 113 Å². The van der Waals surface area contributed by atoms with Crippen LogP contribution in [-0.4, -0.2) is 20.8 Å². The van der Waals surface area contributed by atoms with Gasteiger partial charge in [0.25, 0.3) is 18.1 Å². The number of ether oxygens (including phenoxy) is 3. The Morgan fingerprint density at radius 2 is 0.964 bits per heavy atom. The highest BCUT2D eigenvalue weighted by Crippen LogP contribution is 2.57. The molecule has 9 heteroatoms. The summed E-state index contributed by atoms with van der Waals surface area (Å²) >= 11 is 0. The molecule has 0 bridgehead atoms. The highest BCUT2D eigenvalue weighted by atomic mass is 31.1. The molecule has 0 N–H and O–H groups in total. The van der Waals surface area contributed by atoms with Crippen molar-refractivity contribution >= 4 is 39.6 Å². The molecule has 0 saturated heterocycles. The van der Waals surface area contributed by atoms with Crippen molar-refractivity contribution in [2.45, 2.75) is 73.6 Å². The second-order valence-electron chi connectivity index (χ2n) is 13.4. The van der Waals surface area contributed by atoms with Crippen molar-refractivity contribution in [3.63, 3.8) is 0 Å². The van der Waals surface area contributed by atoms with Crippen molar-refractivity contribution in [3.8, 4) is 51.4 Å². The molecule has 6 aromatic rings. The van der Waals surface area contributed by atoms with Crippen LogP contribution in [0.15, 0.2) is 84.9 Å². The first-order valence-electron chi connectivity index (χ1n) is 19.1. The molecule has 0 saturated carbocycles. The maximum Gasteiger partial charge on any atom is 0.275 e. The number of hydrogen-bond acceptors (Lipinski definition) is 7. The summed E-state index contributed by atoms with van der Waals surface area (Å²) < 4.78 is 45.7. The summed E-state index contributed by atoms with van der Waals surface area (Å²) in [6, 6.07) is 29.1. The number of fused-ring (bicyclic) bond motifs is 2. The van der Waals surface area contributed by atoms with E-state index in [4.69, 9.17) is 32.3 Å². The minimum atomic E-state index is -0.356. The van der Waals surface area contributed by atoms with Crippen molar-refractivity contribution in [1.29, 1.82) is 0 Å². The molecule has 2 unspecified atom stereocenters. The maximum absolute atomic E-state index is 6.86. The Balaban J connectivity index is 1.53. The fraction of sp³-hybridized carbons (Fsp3) is 0.304. The van der Waals surface area contributed by atoms with Crippen LogP contribution < -0.4 is 32.3 Å². The molecule has 0 amide bonds. The lowest BCUT2D eigenvalue weighted by Gasteiger charge is -2.26. The molecule has 0 spiro atoms. The quantitative estimate of drug-likeness (QED) is 0.0805. The van der Waals surface area contributed by atoms with E-state index in [0.29, 0.717) is 40.9 Å². The molecule has 6 aromatic carbocycles. The Kier molecular flexibility index (Phi) is 13.6. The van der Waals surface area contributed by atoms with Gasteiger partial charge in [0, 0.05) is 10.8 Å². The molecule has 0 heterocycles. The standard InChI is InChI=1S/C46H52O7P2/c1-9-17-34-27-31(11-3)43(47-7)39(44(34)52-54-50-41-29(5)23-25-32-19-13-15-21-36(32)41)40-45(35(18-10-2)28-38(49-12-4)46(40)48-8)53-55-51-42-30(6)24-26-33-20-14-16-22-37(33)42/h13-16,19-28,54-55H,9-12,17-18H2,1-8H3. The van der Waals surface area contributed by atoms with Crippen LogP contribution in [0, 0.1) is 13.8 Å². The number of hydrogen-bond donors (Lipinski definition) is 0. The van der Waals surface area contributed by atoms with Gasteiger partial charge in [-0.2, -0.15) is 0 Å². The summed E-state index contributed by atoms with van der Waals surface area (Å²) in [6.45, 7) is 13.0. The first kappa shape index (κ1) is 40.0. The van der Waals surface area contributed by atoms with Gasteiger partial charge in [-0.15, -0.1) is 0 Å². The Morgan fingerprint density at radius 3 is 1.44 bits per heavy atom. The van der Waals surface area contributed by atoms with E-state index in [1.165, 1.54) is 0 Å². The van der Waals surface area contributed by atoms with Crippen LogP contribution in [0.4, 0.5) is 0 Å². The summed E-state index contributed by atoms with van der Waals surface area (Å²) in [4.78, 5) is 0. The number of methoxy groups -OCH3 is 2. The van der Waals surface area contributed by atoms with Gasteiger partial charge in [0.05, 0.1) is 32.0 Å². The normalized spacial score (nSPS) is 11.6. The zero-order valence-corrected chi connectivity index (χ0v) is 35.2. The lowest BCUT2D eigenvalue weighted by Crippen LogP contribution is -2.06. The molecule has 0 aliphatic heterocycles. The van der Waals surface area contributed by atoms with Crippen LogP contribution in [0.25, 0.3) is 32.7 Å². The van der Waals surface area contributed by atoms with Gasteiger partial charge in [-0.1, -0.05) is 106 Å². The smallest absolute Gasteiger partial charge is 0.275 e. The summed E-state index contributed by atoms with van der Waals surface area (Å²) in [6.07, 6.45) is 4.07. The van der Waals surface area contributed by atoms with Crippen molar-refractivity contribution in [2.75, 3.05) is 20.8 Å². The van der Waals surface area contributed by atoms with Crippen LogP contribution in [0.3, 0.4) is 0 Å². The zero-order valence-electron chi connectivity index (χ0n) is 33.2. The molecule has 0 aliphatic rings. The van der Waals surface area contributed by atoms with E-state index >= 15 is 0 Å². The Bertz CT molecular complexity index is 2270. The van der Waals surface area contributed by atoms with Crippen molar-refractivity contribution < 1.29 is 32.3 Å². The van der Waals surface area contributed by atoms with E-state index in [0.717, 1.165) is 98.5 Å². The van der Waals surface area contributed by atoms with E-state index in [2.05, 4.69) is 89.2 Å². The van der Waals surface area contributed by atoms with Gasteiger partial charge in [0.1, 0.15) is 28.7 Å². The minimum Gasteiger partial charge on any atom is -0.496 e. The first-order valence-corrected chi connectivity index (χ1v) is 20.8. The second-order valence-corrected chi connectivity index (χ2v) is 14.6. The summed E-state index contributed by atoms with van der Waals surface area (Å²) in [5.41, 5.74) is 6.60. The highest BCUT2D eigenvalue weighted by molar-refractivity contribution is 7.27. The zero-order chi connectivity index (χ0) is 38.9. The van der Waals surface area contributed by atoms with Crippen LogP contribution in [-0.2, 0) is 19.3 Å². The highest BCUT2D eigenvalue weighted by Gasteiger charge is 2.31. The van der Waals surface area contributed by atoms with E-state index in [1.54, 1.807) is 14.2 Å². The van der Waals surface area contributed by atoms with Gasteiger partial charge in [-0.25, -0.2) is 0 Å². The molecule has 0 radical (unpaired) electrons. The third kappa shape index (κ3) is 8.44. The first-order chi connectivity index (χ1) is 26.9. The average molecular weight is 779 g/mol. The van der Waals surface area contributed by atoms with Crippen LogP contribution >= 0.6 is 18.1 Å². The van der Waals surface area contributed by atoms with Gasteiger partial charge in [-0.3, -0.25) is 0 Å². The van der Waals surface area contributed by atoms with Gasteiger partial charge in [-0.05, 0) is 90.8 Å². The topological polar surface area (TPSA) is 64.6 Å². The monoisotopic (exact) mass is 778 g/mol. The third-order valence-corrected chi connectivity index (χ3v) is 10.9. The van der Waals surface area contributed by atoms with Gasteiger partial charge in [0.2, 0.25) is 0 Å². The molecule has 288 valence electrons. The lowest BCUT2D eigenvalue weighted by atomic mass is 9.90. The predicted octanol–water partition coefficient (Wildman–Crippen LogP) is 13.1. The summed E-state index contributed by atoms with van der Waals surface area (Å²) in [7, 11) is 2.67. The molecule has 0 aromatic heterocycles. The molecular weight excluding hydrogens is 726 g/mol. The average Bonchev–Trinajstić information content (AvgIpc) is 3.20. The second kappa shape index (κ2) is 18.8. The number of aryl methyl sites for hydroxylation is 5. The van der Waals surface area contributed by atoms with Gasteiger partial charge < -0.3 is 32.3 Å². The fourth-order valence-electron chi connectivity index (χ4n) is 7.18. The Hall–Kier alpha value is -4.70. The maximum atomic E-state index is 6.86. The fourth-order valence-corrected chi connectivity index (χ4v) is 8.61. The molecule has 7 nitrogen and oxygen atoms in total. The van der Waals surface area contributed by atoms with E-state index in [1.807, 2.05) is 37.3 Å². The molecule has 55 heavy (non-hydrogen) atoms. The molecule has 0 aliphatic carbocycles. The van der Waals surface area contributed by atoms with Crippen molar-refractivity contribution in [2.24, 2.45) is 0 Å². The summed E-state index contributed by atoms with van der Waals surface area (Å²) in [5, 5.41) is 4.30. The molecular formula is C46H52O7P2. The summed E-state index contributed by atoms with van der Waals surface area (Å²) in [5.74, 6) is 4.77. The molecule has 6 rings (SSSR count). The van der Waals surface area contributed by atoms with Crippen LogP contribution in [0.2, 0.25) is 0 Å². The Labute approximate surface area is 329 Å². The SMILES string of the molecule is CCCc1cc(CC)c(OC)c(-c2c(OPOc3c(C)ccc4ccccc34)c(CCC)cc(OCC)c2OC)c1OPOc1c(C)ccc2ccccc12. The van der Waals surface area contributed by atoms with Crippen molar-refractivity contribution in [1.82, 2.24) is 0 Å². The molecule has 0 fully saturated rings. The lowest BCUT2D eigenvalue weighted by molar-refractivity contribution is 0.310. The minimum absolute atomic E-state index is 0.347. The van der Waals surface area contributed by atoms with Crippen LogP contribution in [0.1, 0.15) is 68.4 Å². The van der Waals surface area contributed by atoms with E-state index in [9.17, 15) is 0 Å². The number of benzene rings is 6. The Morgan fingerprint density at radius 1 is 0.491 bits per heavy atom.